The minimum atomic E-state index is -0.611. The smallest absolute Gasteiger partial charge is 0.434 e. The third kappa shape index (κ3) is 6.14. The fraction of sp³-hybridized carbons (Fsp3) is 0.304. The Morgan fingerprint density at radius 2 is 2.16 bits per heavy atom. The number of aromatic amines is 1. The predicted molar refractivity (Wildman–Crippen MR) is 118 cm³/mol. The SMILES string of the molecule is N#Cc1cncc(C=Cc2cc(CNCC3CCNC3)cc(OCc3n[nH]c(=O)o3)c2)c1. The topological polar surface area (TPSA) is 129 Å². The van der Waals surface area contributed by atoms with Crippen molar-refractivity contribution >= 4 is 12.2 Å². The van der Waals surface area contributed by atoms with E-state index in [4.69, 9.17) is 14.4 Å². The summed E-state index contributed by atoms with van der Waals surface area (Å²) in [4.78, 5) is 15.2. The molecule has 9 heteroatoms. The van der Waals surface area contributed by atoms with E-state index in [0.29, 0.717) is 23.8 Å². The van der Waals surface area contributed by atoms with Crippen molar-refractivity contribution < 1.29 is 9.15 Å². The first-order valence-electron chi connectivity index (χ1n) is 10.4. The number of nitrogens with one attached hydrogen (secondary N) is 3. The average molecular weight is 432 g/mol. The van der Waals surface area contributed by atoms with E-state index in [0.717, 1.165) is 36.3 Å². The molecular formula is C23H24N6O3. The summed E-state index contributed by atoms with van der Waals surface area (Å²) in [5.41, 5.74) is 3.35. The Bertz CT molecular complexity index is 1170. The van der Waals surface area contributed by atoms with Crippen LogP contribution in [-0.4, -0.2) is 34.8 Å². The van der Waals surface area contributed by atoms with E-state index in [1.807, 2.05) is 24.3 Å². The van der Waals surface area contributed by atoms with Crippen LogP contribution < -0.4 is 21.1 Å². The molecule has 1 aliphatic heterocycles. The molecular weight excluding hydrogens is 408 g/mol. The summed E-state index contributed by atoms with van der Waals surface area (Å²) in [6.45, 7) is 3.83. The first-order valence-corrected chi connectivity index (χ1v) is 10.4. The van der Waals surface area contributed by atoms with Gasteiger partial charge in [0, 0.05) is 18.9 Å². The lowest BCUT2D eigenvalue weighted by Gasteiger charge is -2.12. The number of hydrogen-bond donors (Lipinski definition) is 3. The Kier molecular flexibility index (Phi) is 7.07. The molecule has 1 fully saturated rings. The van der Waals surface area contributed by atoms with Crippen molar-refractivity contribution in [3.8, 4) is 11.8 Å². The van der Waals surface area contributed by atoms with E-state index in [2.05, 4.69) is 38.0 Å². The lowest BCUT2D eigenvalue weighted by Crippen LogP contribution is -2.24. The fourth-order valence-corrected chi connectivity index (χ4v) is 3.55. The third-order valence-electron chi connectivity index (χ3n) is 5.11. The van der Waals surface area contributed by atoms with Crippen LogP contribution in [0.3, 0.4) is 0 Å². The lowest BCUT2D eigenvalue weighted by atomic mass is 10.1. The van der Waals surface area contributed by atoms with Gasteiger partial charge < -0.3 is 19.8 Å². The summed E-state index contributed by atoms with van der Waals surface area (Å²) in [5.74, 6) is 0.862. The van der Waals surface area contributed by atoms with Crippen LogP contribution in [0.2, 0.25) is 0 Å². The maximum Gasteiger partial charge on any atom is 0.434 e. The standard InChI is InChI=1S/C23H24N6O3/c24-9-20-6-17(10-26-14-20)2-1-16-5-19(13-27-12-18-3-4-25-11-18)8-21(7-16)31-15-22-28-29-23(30)32-22/h1-2,5-8,10,14,18,25,27H,3-4,11-13,15H2,(H,29,30). The van der Waals surface area contributed by atoms with Gasteiger partial charge in [0.15, 0.2) is 6.61 Å². The number of hydrogen-bond acceptors (Lipinski definition) is 8. The average Bonchev–Trinajstić information content (AvgIpc) is 3.48. The number of ether oxygens (including phenoxy) is 1. The number of benzene rings is 1. The van der Waals surface area contributed by atoms with E-state index >= 15 is 0 Å². The highest BCUT2D eigenvalue weighted by atomic mass is 16.5. The summed E-state index contributed by atoms with van der Waals surface area (Å²) in [6.07, 6.45) is 8.28. The Balaban J connectivity index is 1.49. The van der Waals surface area contributed by atoms with Crippen LogP contribution in [0.5, 0.6) is 5.75 Å². The van der Waals surface area contributed by atoms with Crippen LogP contribution in [0.15, 0.2) is 45.9 Å². The Labute approximate surface area is 185 Å². The maximum absolute atomic E-state index is 11.1. The molecule has 1 aromatic carbocycles. The summed E-state index contributed by atoms with van der Waals surface area (Å²) >= 11 is 0. The van der Waals surface area contributed by atoms with Gasteiger partial charge >= 0.3 is 5.76 Å². The molecule has 1 unspecified atom stereocenters. The Hall–Kier alpha value is -3.74. The second-order valence-corrected chi connectivity index (χ2v) is 7.65. The van der Waals surface area contributed by atoms with Crippen molar-refractivity contribution in [3.05, 3.63) is 75.4 Å². The molecule has 4 rings (SSSR count). The van der Waals surface area contributed by atoms with Gasteiger partial charge in [-0.25, -0.2) is 9.89 Å². The van der Waals surface area contributed by atoms with Gasteiger partial charge in [0.1, 0.15) is 11.8 Å². The number of nitriles is 1. The van der Waals surface area contributed by atoms with Gasteiger partial charge in [0.05, 0.1) is 5.56 Å². The van der Waals surface area contributed by atoms with Crippen LogP contribution in [0, 0.1) is 17.2 Å². The van der Waals surface area contributed by atoms with Crippen LogP contribution >= 0.6 is 0 Å². The van der Waals surface area contributed by atoms with Crippen molar-refractivity contribution in [2.24, 2.45) is 5.92 Å². The molecule has 2 aromatic heterocycles. The normalized spacial score (nSPS) is 15.8. The predicted octanol–water partition coefficient (Wildman–Crippen LogP) is 2.08. The molecule has 32 heavy (non-hydrogen) atoms. The van der Waals surface area contributed by atoms with Crippen LogP contribution in [0.1, 0.15) is 34.6 Å². The summed E-state index contributed by atoms with van der Waals surface area (Å²) in [6, 6.07) is 9.81. The second kappa shape index (κ2) is 10.5. The third-order valence-corrected chi connectivity index (χ3v) is 5.11. The van der Waals surface area contributed by atoms with E-state index in [9.17, 15) is 4.79 Å². The first-order chi connectivity index (χ1) is 15.7. The molecule has 0 spiro atoms. The quantitative estimate of drug-likeness (QED) is 0.469. The van der Waals surface area contributed by atoms with Crippen LogP contribution in [0.4, 0.5) is 0 Å². The van der Waals surface area contributed by atoms with Gasteiger partial charge in [0.25, 0.3) is 5.89 Å². The van der Waals surface area contributed by atoms with Gasteiger partial charge in [-0.15, -0.1) is 5.10 Å². The first kappa shape index (κ1) is 21.5. The molecule has 0 aliphatic carbocycles. The van der Waals surface area contributed by atoms with E-state index in [-0.39, 0.29) is 12.5 Å². The zero-order chi connectivity index (χ0) is 22.2. The van der Waals surface area contributed by atoms with Gasteiger partial charge in [-0.3, -0.25) is 4.98 Å². The second-order valence-electron chi connectivity index (χ2n) is 7.65. The summed E-state index contributed by atoms with van der Waals surface area (Å²) in [5, 5.41) is 22.0. The number of pyridine rings is 1. The van der Waals surface area contributed by atoms with Gasteiger partial charge in [-0.05, 0) is 66.9 Å². The van der Waals surface area contributed by atoms with Gasteiger partial charge in [0.2, 0.25) is 0 Å². The Morgan fingerprint density at radius 1 is 1.25 bits per heavy atom. The molecule has 3 N–H and O–H groups in total. The molecule has 1 saturated heterocycles. The molecule has 0 radical (unpaired) electrons. The van der Waals surface area contributed by atoms with Crippen molar-refractivity contribution in [1.82, 2.24) is 25.8 Å². The monoisotopic (exact) mass is 432 g/mol. The zero-order valence-corrected chi connectivity index (χ0v) is 17.5. The molecule has 0 saturated carbocycles. The number of rotatable bonds is 9. The molecule has 1 atom stereocenters. The number of H-pyrrole nitrogens is 1. The van der Waals surface area contributed by atoms with Crippen LogP contribution in [-0.2, 0) is 13.2 Å². The highest BCUT2D eigenvalue weighted by molar-refractivity contribution is 5.70. The van der Waals surface area contributed by atoms with Crippen molar-refractivity contribution in [2.45, 2.75) is 19.6 Å². The molecule has 0 amide bonds. The van der Waals surface area contributed by atoms with Gasteiger partial charge in [-0.1, -0.05) is 18.2 Å². The fourth-order valence-electron chi connectivity index (χ4n) is 3.55. The highest BCUT2D eigenvalue weighted by Gasteiger charge is 2.13. The molecule has 3 aromatic rings. The number of nitrogens with zero attached hydrogens (tertiary/aromatic N) is 3. The summed E-state index contributed by atoms with van der Waals surface area (Å²) in [7, 11) is 0. The van der Waals surface area contributed by atoms with E-state index in [1.54, 1.807) is 12.3 Å². The maximum atomic E-state index is 11.1. The van der Waals surface area contributed by atoms with Crippen molar-refractivity contribution in [1.29, 1.82) is 5.26 Å². The number of aromatic nitrogens is 3. The zero-order valence-electron chi connectivity index (χ0n) is 17.5. The minimum absolute atomic E-state index is 0.0423. The molecule has 3 heterocycles. The van der Waals surface area contributed by atoms with Gasteiger partial charge in [-0.2, -0.15) is 5.26 Å². The van der Waals surface area contributed by atoms with Crippen molar-refractivity contribution in [3.63, 3.8) is 0 Å². The van der Waals surface area contributed by atoms with E-state index in [1.165, 1.54) is 12.6 Å². The van der Waals surface area contributed by atoms with Crippen LogP contribution in [0.25, 0.3) is 12.2 Å². The molecule has 0 bridgehead atoms. The van der Waals surface area contributed by atoms with Crippen molar-refractivity contribution in [2.75, 3.05) is 19.6 Å². The molecule has 164 valence electrons. The lowest BCUT2D eigenvalue weighted by molar-refractivity contribution is 0.259. The summed E-state index contributed by atoms with van der Waals surface area (Å²) < 4.78 is 10.7. The molecule has 9 nitrogen and oxygen atoms in total. The van der Waals surface area contributed by atoms with E-state index < -0.39 is 5.76 Å². The Morgan fingerprint density at radius 3 is 2.94 bits per heavy atom. The highest BCUT2D eigenvalue weighted by Crippen LogP contribution is 2.21. The largest absolute Gasteiger partial charge is 0.484 e. The molecule has 1 aliphatic rings. The minimum Gasteiger partial charge on any atom is -0.484 e.